The van der Waals surface area contributed by atoms with Crippen molar-refractivity contribution in [1.82, 2.24) is 20.0 Å². The highest BCUT2D eigenvalue weighted by molar-refractivity contribution is 7.19. The first-order valence-corrected chi connectivity index (χ1v) is 10.7. The number of thiophene rings is 1. The van der Waals surface area contributed by atoms with Crippen molar-refractivity contribution in [3.05, 3.63) is 68.1 Å². The first-order valence-electron chi connectivity index (χ1n) is 8.16. The van der Waals surface area contributed by atoms with E-state index in [-0.39, 0.29) is 11.1 Å². The number of aryl methyl sites for hydroxylation is 1. The van der Waals surface area contributed by atoms with Gasteiger partial charge in [0.05, 0.1) is 17.8 Å². The number of anilines is 1. The topological polar surface area (TPSA) is 72.7 Å². The number of hydrogen-bond acceptors (Lipinski definition) is 6. The Balaban J connectivity index is 1.55. The molecule has 0 saturated carbocycles. The Morgan fingerprint density at radius 1 is 1.21 bits per heavy atom. The Hall–Kier alpha value is -2.26. The average Bonchev–Trinajstić information content (AvgIpc) is 3.38. The summed E-state index contributed by atoms with van der Waals surface area (Å²) < 4.78 is 1.56. The standard InChI is InChI=1S/C18H13Cl2N5OS2/c1-10-14(15(20)25(24-10)8-11-4-2-3-5-13(11)19)16(26)21-18-23-22-17(28-18)12-6-7-27-9-12/h2-7,9H,8H2,1H3,(H,21,23,26). The van der Waals surface area contributed by atoms with Crippen LogP contribution in [0.2, 0.25) is 10.2 Å². The molecule has 0 fully saturated rings. The van der Waals surface area contributed by atoms with E-state index in [4.69, 9.17) is 23.2 Å². The van der Waals surface area contributed by atoms with Crippen molar-refractivity contribution >= 4 is 56.9 Å². The fourth-order valence-electron chi connectivity index (χ4n) is 2.64. The molecule has 1 N–H and O–H groups in total. The summed E-state index contributed by atoms with van der Waals surface area (Å²) >= 11 is 15.5. The van der Waals surface area contributed by atoms with E-state index < -0.39 is 0 Å². The van der Waals surface area contributed by atoms with Gasteiger partial charge in [-0.05, 0) is 30.0 Å². The minimum absolute atomic E-state index is 0.248. The van der Waals surface area contributed by atoms with E-state index >= 15 is 0 Å². The highest BCUT2D eigenvalue weighted by atomic mass is 35.5. The Morgan fingerprint density at radius 2 is 2.04 bits per heavy atom. The Morgan fingerprint density at radius 3 is 2.79 bits per heavy atom. The highest BCUT2D eigenvalue weighted by Gasteiger charge is 2.22. The van der Waals surface area contributed by atoms with Crippen LogP contribution in [-0.4, -0.2) is 25.9 Å². The van der Waals surface area contributed by atoms with Crippen LogP contribution < -0.4 is 5.32 Å². The molecule has 142 valence electrons. The van der Waals surface area contributed by atoms with Crippen LogP contribution in [0, 0.1) is 6.92 Å². The van der Waals surface area contributed by atoms with Gasteiger partial charge in [-0.15, -0.1) is 10.2 Å². The van der Waals surface area contributed by atoms with Gasteiger partial charge in [-0.3, -0.25) is 10.1 Å². The van der Waals surface area contributed by atoms with E-state index in [2.05, 4.69) is 20.6 Å². The maximum atomic E-state index is 12.8. The maximum absolute atomic E-state index is 12.8. The molecular weight excluding hydrogens is 437 g/mol. The number of hydrogen-bond donors (Lipinski definition) is 1. The van der Waals surface area contributed by atoms with E-state index in [9.17, 15) is 4.79 Å². The summed E-state index contributed by atoms with van der Waals surface area (Å²) in [6, 6.07) is 9.39. The van der Waals surface area contributed by atoms with Crippen molar-refractivity contribution in [2.45, 2.75) is 13.5 Å². The van der Waals surface area contributed by atoms with Gasteiger partial charge in [0.1, 0.15) is 10.2 Å². The lowest BCUT2D eigenvalue weighted by atomic mass is 10.2. The van der Waals surface area contributed by atoms with Crippen LogP contribution in [0.4, 0.5) is 5.13 Å². The van der Waals surface area contributed by atoms with E-state index in [1.54, 1.807) is 29.0 Å². The molecule has 0 aliphatic rings. The van der Waals surface area contributed by atoms with Crippen LogP contribution in [-0.2, 0) is 6.54 Å². The third-order valence-corrected chi connectivity index (χ3v) is 6.31. The number of amides is 1. The van der Waals surface area contributed by atoms with Crippen LogP contribution in [0.5, 0.6) is 0 Å². The van der Waals surface area contributed by atoms with Gasteiger partial charge in [-0.25, -0.2) is 4.68 Å². The van der Waals surface area contributed by atoms with Crippen molar-refractivity contribution in [2.75, 3.05) is 5.32 Å². The smallest absolute Gasteiger partial charge is 0.262 e. The van der Waals surface area contributed by atoms with Gasteiger partial charge < -0.3 is 0 Å². The molecule has 1 amide bonds. The summed E-state index contributed by atoms with van der Waals surface area (Å²) in [4.78, 5) is 12.8. The first kappa shape index (κ1) is 19.1. The Kier molecular flexibility index (Phi) is 5.45. The maximum Gasteiger partial charge on any atom is 0.262 e. The summed E-state index contributed by atoms with van der Waals surface area (Å²) in [6.45, 7) is 2.11. The van der Waals surface area contributed by atoms with E-state index in [0.29, 0.717) is 28.0 Å². The zero-order valence-electron chi connectivity index (χ0n) is 14.5. The zero-order valence-corrected chi connectivity index (χ0v) is 17.7. The molecule has 4 aromatic rings. The molecule has 0 unspecified atom stereocenters. The van der Waals surface area contributed by atoms with E-state index in [0.717, 1.165) is 16.1 Å². The number of nitrogens with zero attached hydrogens (tertiary/aromatic N) is 4. The summed E-state index contributed by atoms with van der Waals surface area (Å²) in [5, 5.41) is 21.3. The second kappa shape index (κ2) is 8.00. The summed E-state index contributed by atoms with van der Waals surface area (Å²) in [5.74, 6) is -0.374. The zero-order chi connectivity index (χ0) is 19.7. The number of halogens is 2. The van der Waals surface area contributed by atoms with Gasteiger partial charge >= 0.3 is 0 Å². The normalized spacial score (nSPS) is 11.0. The van der Waals surface area contributed by atoms with Crippen LogP contribution >= 0.6 is 45.9 Å². The predicted molar refractivity (Wildman–Crippen MR) is 114 cm³/mol. The molecular formula is C18H13Cl2N5OS2. The number of aromatic nitrogens is 4. The van der Waals surface area contributed by atoms with Crippen molar-refractivity contribution in [3.63, 3.8) is 0 Å². The fraction of sp³-hybridized carbons (Fsp3) is 0.111. The second-order valence-electron chi connectivity index (χ2n) is 5.88. The van der Waals surface area contributed by atoms with Crippen LogP contribution in [0.25, 0.3) is 10.6 Å². The Labute approximate surface area is 178 Å². The van der Waals surface area contributed by atoms with Crippen molar-refractivity contribution in [3.8, 4) is 10.6 Å². The minimum Gasteiger partial charge on any atom is -0.296 e. The first-order chi connectivity index (χ1) is 13.5. The Bertz CT molecular complexity index is 1140. The lowest BCUT2D eigenvalue weighted by molar-refractivity contribution is 0.102. The van der Waals surface area contributed by atoms with Gasteiger partial charge in [0, 0.05) is 16.0 Å². The van der Waals surface area contributed by atoms with Gasteiger partial charge in [-0.2, -0.15) is 16.4 Å². The minimum atomic E-state index is -0.374. The molecule has 0 radical (unpaired) electrons. The van der Waals surface area contributed by atoms with Gasteiger partial charge in [-0.1, -0.05) is 52.7 Å². The second-order valence-corrected chi connectivity index (χ2v) is 8.40. The van der Waals surface area contributed by atoms with Crippen molar-refractivity contribution in [1.29, 1.82) is 0 Å². The fourth-order valence-corrected chi connectivity index (χ4v) is 4.61. The van der Waals surface area contributed by atoms with Crippen LogP contribution in [0.1, 0.15) is 21.6 Å². The lowest BCUT2D eigenvalue weighted by Crippen LogP contribution is -2.13. The number of rotatable bonds is 5. The van der Waals surface area contributed by atoms with E-state index in [1.807, 2.05) is 35.0 Å². The molecule has 10 heteroatoms. The molecule has 0 saturated heterocycles. The average molecular weight is 450 g/mol. The largest absolute Gasteiger partial charge is 0.296 e. The molecule has 6 nitrogen and oxygen atoms in total. The number of benzene rings is 1. The van der Waals surface area contributed by atoms with Crippen molar-refractivity contribution < 1.29 is 4.79 Å². The monoisotopic (exact) mass is 449 g/mol. The number of nitrogens with one attached hydrogen (secondary N) is 1. The number of carbonyl (C=O) groups is 1. The third-order valence-electron chi connectivity index (χ3n) is 3.98. The molecule has 3 aromatic heterocycles. The summed E-state index contributed by atoms with van der Waals surface area (Å²) in [7, 11) is 0. The number of carbonyl (C=O) groups excluding carboxylic acids is 1. The molecule has 4 rings (SSSR count). The van der Waals surface area contributed by atoms with Crippen LogP contribution in [0.3, 0.4) is 0 Å². The highest BCUT2D eigenvalue weighted by Crippen LogP contribution is 2.29. The molecule has 28 heavy (non-hydrogen) atoms. The molecule has 0 aliphatic heterocycles. The molecule has 0 bridgehead atoms. The summed E-state index contributed by atoms with van der Waals surface area (Å²) in [6.07, 6.45) is 0. The van der Waals surface area contributed by atoms with Crippen molar-refractivity contribution in [2.24, 2.45) is 0 Å². The quantitative estimate of drug-likeness (QED) is 0.443. The van der Waals surface area contributed by atoms with Gasteiger partial charge in [0.2, 0.25) is 5.13 Å². The predicted octanol–water partition coefficient (Wildman–Crippen LogP) is 5.38. The van der Waals surface area contributed by atoms with Gasteiger partial charge in [0.25, 0.3) is 5.91 Å². The SMILES string of the molecule is Cc1nn(Cc2ccccc2Cl)c(Cl)c1C(=O)Nc1nnc(-c2ccsc2)s1. The van der Waals surface area contributed by atoms with Crippen LogP contribution in [0.15, 0.2) is 41.1 Å². The molecule has 0 atom stereocenters. The molecule has 0 aliphatic carbocycles. The van der Waals surface area contributed by atoms with Gasteiger partial charge in [0.15, 0.2) is 0 Å². The molecule has 3 heterocycles. The summed E-state index contributed by atoms with van der Waals surface area (Å²) in [5.41, 5.74) is 2.67. The molecule has 0 spiro atoms. The third kappa shape index (κ3) is 3.81. The van der Waals surface area contributed by atoms with E-state index in [1.165, 1.54) is 11.3 Å². The molecule has 1 aromatic carbocycles. The lowest BCUT2D eigenvalue weighted by Gasteiger charge is -2.06.